The van der Waals surface area contributed by atoms with Crippen LogP contribution in [0.2, 0.25) is 5.02 Å². The van der Waals surface area contributed by atoms with Crippen LogP contribution in [0, 0.1) is 0 Å². The normalized spacial score (nSPS) is 22.9. The molecular weight excluding hydrogens is 212 g/mol. The van der Waals surface area contributed by atoms with E-state index in [1.807, 2.05) is 6.07 Å². The van der Waals surface area contributed by atoms with Gasteiger partial charge in [0.1, 0.15) is 0 Å². The first-order valence-corrected chi connectivity index (χ1v) is 5.56. The van der Waals surface area contributed by atoms with Crippen molar-refractivity contribution in [3.05, 3.63) is 29.0 Å². The molecule has 82 valence electrons. The molecule has 1 fully saturated rings. The second-order valence-electron chi connectivity index (χ2n) is 3.88. The van der Waals surface area contributed by atoms with Crippen LogP contribution in [-0.2, 0) is 11.3 Å². The first-order chi connectivity index (χ1) is 7.24. The average molecular weight is 227 g/mol. The predicted octanol–water partition coefficient (Wildman–Crippen LogP) is 1.96. The quantitative estimate of drug-likeness (QED) is 0.771. The summed E-state index contributed by atoms with van der Waals surface area (Å²) >= 11 is 5.91. The molecule has 0 aromatic carbocycles. The van der Waals surface area contributed by atoms with Crippen molar-refractivity contribution < 1.29 is 4.74 Å². The molecule has 0 bridgehead atoms. The first-order valence-electron chi connectivity index (χ1n) is 5.18. The van der Waals surface area contributed by atoms with Gasteiger partial charge in [0.15, 0.2) is 0 Å². The molecule has 0 N–H and O–H groups in total. The molecule has 1 unspecified atom stereocenters. The Hall–Kier alpha value is -0.640. The molecule has 0 spiro atoms. The van der Waals surface area contributed by atoms with E-state index in [-0.39, 0.29) is 0 Å². The number of halogens is 1. The van der Waals surface area contributed by atoms with Gasteiger partial charge >= 0.3 is 0 Å². The van der Waals surface area contributed by atoms with E-state index in [1.54, 1.807) is 12.3 Å². The zero-order valence-corrected chi connectivity index (χ0v) is 9.57. The van der Waals surface area contributed by atoms with E-state index in [0.29, 0.717) is 6.10 Å². The monoisotopic (exact) mass is 226 g/mol. The fourth-order valence-electron chi connectivity index (χ4n) is 1.80. The van der Waals surface area contributed by atoms with Gasteiger partial charge in [0.05, 0.1) is 18.4 Å². The van der Waals surface area contributed by atoms with Gasteiger partial charge in [0.25, 0.3) is 0 Å². The highest BCUT2D eigenvalue weighted by Gasteiger charge is 2.16. The van der Waals surface area contributed by atoms with Crippen LogP contribution < -0.4 is 0 Å². The molecule has 0 radical (unpaired) electrons. The molecule has 1 aliphatic rings. The number of rotatable bonds is 2. The number of hydrogen-bond acceptors (Lipinski definition) is 3. The molecule has 2 heterocycles. The smallest absolute Gasteiger partial charge is 0.0674 e. The van der Waals surface area contributed by atoms with Crippen molar-refractivity contribution in [2.45, 2.75) is 19.6 Å². The van der Waals surface area contributed by atoms with Gasteiger partial charge in [-0.1, -0.05) is 11.6 Å². The maximum atomic E-state index is 5.91. The lowest BCUT2D eigenvalue weighted by molar-refractivity contribution is -0.0215. The maximum Gasteiger partial charge on any atom is 0.0674 e. The molecule has 0 saturated carbocycles. The Morgan fingerprint density at radius 3 is 3.27 bits per heavy atom. The fraction of sp³-hybridized carbons (Fsp3) is 0.545. The van der Waals surface area contributed by atoms with Gasteiger partial charge in [-0.3, -0.25) is 9.88 Å². The summed E-state index contributed by atoms with van der Waals surface area (Å²) in [5.74, 6) is 0. The lowest BCUT2D eigenvalue weighted by Crippen LogP contribution is -2.40. The average Bonchev–Trinajstić information content (AvgIpc) is 2.17. The summed E-state index contributed by atoms with van der Waals surface area (Å²) in [5, 5.41) is 0.751. The Labute approximate surface area is 95.0 Å². The van der Waals surface area contributed by atoms with Gasteiger partial charge in [-0.15, -0.1) is 0 Å². The van der Waals surface area contributed by atoms with Crippen LogP contribution in [0.15, 0.2) is 18.3 Å². The van der Waals surface area contributed by atoms with Gasteiger partial charge in [0, 0.05) is 30.9 Å². The first kappa shape index (κ1) is 10.9. The Morgan fingerprint density at radius 1 is 1.67 bits per heavy atom. The Morgan fingerprint density at radius 2 is 2.53 bits per heavy atom. The van der Waals surface area contributed by atoms with Crippen LogP contribution in [-0.4, -0.2) is 35.7 Å². The SMILES string of the molecule is CC1CN(Cc2cc(Cl)ccn2)CCO1. The van der Waals surface area contributed by atoms with E-state index < -0.39 is 0 Å². The third-order valence-electron chi connectivity index (χ3n) is 2.49. The highest BCUT2D eigenvalue weighted by atomic mass is 35.5. The van der Waals surface area contributed by atoms with Crippen LogP contribution >= 0.6 is 11.6 Å². The van der Waals surface area contributed by atoms with Crippen molar-refractivity contribution in [2.75, 3.05) is 19.7 Å². The van der Waals surface area contributed by atoms with E-state index in [4.69, 9.17) is 16.3 Å². The lowest BCUT2D eigenvalue weighted by atomic mass is 10.2. The minimum Gasteiger partial charge on any atom is -0.376 e. The van der Waals surface area contributed by atoms with E-state index in [0.717, 1.165) is 37.0 Å². The summed E-state index contributed by atoms with van der Waals surface area (Å²) in [7, 11) is 0. The summed E-state index contributed by atoms with van der Waals surface area (Å²) in [6, 6.07) is 3.72. The number of aromatic nitrogens is 1. The molecule has 1 aliphatic heterocycles. The van der Waals surface area contributed by atoms with Crippen LogP contribution in [0.3, 0.4) is 0 Å². The van der Waals surface area contributed by atoms with Crippen LogP contribution in [0.1, 0.15) is 12.6 Å². The second-order valence-corrected chi connectivity index (χ2v) is 4.32. The third-order valence-corrected chi connectivity index (χ3v) is 2.72. The highest BCUT2D eigenvalue weighted by molar-refractivity contribution is 6.30. The van der Waals surface area contributed by atoms with E-state index in [1.165, 1.54) is 0 Å². The van der Waals surface area contributed by atoms with Crippen molar-refractivity contribution >= 4 is 11.6 Å². The molecule has 3 nitrogen and oxygen atoms in total. The van der Waals surface area contributed by atoms with Gasteiger partial charge in [-0.25, -0.2) is 0 Å². The van der Waals surface area contributed by atoms with E-state index >= 15 is 0 Å². The number of hydrogen-bond donors (Lipinski definition) is 0. The van der Waals surface area contributed by atoms with Crippen molar-refractivity contribution in [1.82, 2.24) is 9.88 Å². The zero-order chi connectivity index (χ0) is 10.7. The largest absolute Gasteiger partial charge is 0.376 e. The van der Waals surface area contributed by atoms with Crippen LogP contribution in [0.5, 0.6) is 0 Å². The van der Waals surface area contributed by atoms with E-state index in [2.05, 4.69) is 16.8 Å². The number of nitrogens with zero attached hydrogens (tertiary/aromatic N) is 2. The number of pyridine rings is 1. The minimum atomic E-state index is 0.318. The van der Waals surface area contributed by atoms with Gasteiger partial charge in [0.2, 0.25) is 0 Å². The van der Waals surface area contributed by atoms with Crippen molar-refractivity contribution in [3.8, 4) is 0 Å². The number of morpholine rings is 1. The van der Waals surface area contributed by atoms with E-state index in [9.17, 15) is 0 Å². The van der Waals surface area contributed by atoms with Crippen molar-refractivity contribution in [2.24, 2.45) is 0 Å². The maximum absolute atomic E-state index is 5.91. The van der Waals surface area contributed by atoms with Gasteiger partial charge < -0.3 is 4.74 Å². The molecule has 1 saturated heterocycles. The lowest BCUT2D eigenvalue weighted by Gasteiger charge is -2.30. The third kappa shape index (κ3) is 3.16. The zero-order valence-electron chi connectivity index (χ0n) is 8.82. The molecule has 0 aliphatic carbocycles. The standard InChI is InChI=1S/C11H15ClN2O/c1-9-7-14(4-5-15-9)8-11-6-10(12)2-3-13-11/h2-3,6,9H,4-5,7-8H2,1H3. The van der Waals surface area contributed by atoms with Crippen molar-refractivity contribution in [1.29, 1.82) is 0 Å². The topological polar surface area (TPSA) is 25.4 Å². The minimum absolute atomic E-state index is 0.318. The van der Waals surface area contributed by atoms with Crippen LogP contribution in [0.25, 0.3) is 0 Å². The highest BCUT2D eigenvalue weighted by Crippen LogP contribution is 2.12. The molecule has 4 heteroatoms. The summed E-state index contributed by atoms with van der Waals surface area (Å²) in [6.45, 7) is 5.69. The van der Waals surface area contributed by atoms with Gasteiger partial charge in [-0.05, 0) is 19.1 Å². The molecule has 15 heavy (non-hydrogen) atoms. The van der Waals surface area contributed by atoms with Crippen LogP contribution in [0.4, 0.5) is 0 Å². The Balaban J connectivity index is 1.96. The molecule has 0 amide bonds. The predicted molar refractivity (Wildman–Crippen MR) is 59.9 cm³/mol. The molecule has 1 aromatic heterocycles. The summed E-state index contributed by atoms with van der Waals surface area (Å²) in [5.41, 5.74) is 1.02. The molecule has 2 rings (SSSR count). The molecule has 1 aromatic rings. The summed E-state index contributed by atoms with van der Waals surface area (Å²) in [6.07, 6.45) is 2.07. The summed E-state index contributed by atoms with van der Waals surface area (Å²) < 4.78 is 5.48. The Bertz CT molecular complexity index is 332. The molecule has 1 atom stereocenters. The number of ether oxygens (including phenoxy) is 1. The fourth-order valence-corrected chi connectivity index (χ4v) is 1.98. The molecular formula is C11H15ClN2O. The summed E-state index contributed by atoms with van der Waals surface area (Å²) in [4.78, 5) is 6.63. The Kier molecular flexibility index (Phi) is 3.57. The van der Waals surface area contributed by atoms with Gasteiger partial charge in [-0.2, -0.15) is 0 Å². The second kappa shape index (κ2) is 4.92. The van der Waals surface area contributed by atoms with Crippen molar-refractivity contribution in [3.63, 3.8) is 0 Å².